The quantitative estimate of drug-likeness (QED) is 0.427. The van der Waals surface area contributed by atoms with Crippen LogP contribution in [-0.2, 0) is 4.74 Å². The van der Waals surface area contributed by atoms with Crippen LogP contribution in [0.2, 0.25) is 0 Å². The Balaban J connectivity index is 2.14. The second kappa shape index (κ2) is 5.20. The Labute approximate surface area is 85.4 Å². The summed E-state index contributed by atoms with van der Waals surface area (Å²) in [5.74, 6) is 6.52. The van der Waals surface area contributed by atoms with E-state index in [1.165, 1.54) is 24.3 Å². The van der Waals surface area contributed by atoms with Crippen molar-refractivity contribution in [1.82, 2.24) is 5.01 Å². The lowest BCUT2D eigenvalue weighted by molar-refractivity contribution is 0.0799. The molecule has 4 nitrogen and oxygen atoms in total. The Morgan fingerprint density at radius 1 is 1.57 bits per heavy atom. The number of hydrogen-bond donors (Lipinski definition) is 1. The van der Waals surface area contributed by atoms with Gasteiger partial charge >= 0.3 is 6.09 Å². The van der Waals surface area contributed by atoms with Gasteiger partial charge in [0.1, 0.15) is 0 Å². The van der Waals surface area contributed by atoms with Crippen molar-refractivity contribution < 1.29 is 9.53 Å². The van der Waals surface area contributed by atoms with E-state index in [9.17, 15) is 4.79 Å². The summed E-state index contributed by atoms with van der Waals surface area (Å²) in [6.07, 6.45) is 3.24. The summed E-state index contributed by atoms with van der Waals surface area (Å²) >= 11 is 0. The van der Waals surface area contributed by atoms with Gasteiger partial charge in [0.05, 0.1) is 6.61 Å². The van der Waals surface area contributed by atoms with Crippen LogP contribution in [0.3, 0.4) is 0 Å². The summed E-state index contributed by atoms with van der Waals surface area (Å²) in [6.45, 7) is 5.08. The highest BCUT2D eigenvalue weighted by molar-refractivity contribution is 5.66. The van der Waals surface area contributed by atoms with E-state index in [1.54, 1.807) is 0 Å². The minimum Gasteiger partial charge on any atom is -0.448 e. The molecule has 1 fully saturated rings. The second-order valence-electron chi connectivity index (χ2n) is 4.42. The number of amides is 1. The average Bonchev–Trinajstić information content (AvgIpc) is 2.06. The molecule has 1 saturated carbocycles. The van der Waals surface area contributed by atoms with Gasteiger partial charge in [0, 0.05) is 6.54 Å². The molecule has 14 heavy (non-hydrogen) atoms. The highest BCUT2D eigenvalue weighted by Gasteiger charge is 2.22. The van der Waals surface area contributed by atoms with Crippen molar-refractivity contribution in [2.75, 3.05) is 13.2 Å². The molecule has 0 radical (unpaired) electrons. The van der Waals surface area contributed by atoms with Crippen LogP contribution >= 0.6 is 0 Å². The van der Waals surface area contributed by atoms with Crippen molar-refractivity contribution in [1.29, 1.82) is 0 Å². The van der Waals surface area contributed by atoms with Crippen molar-refractivity contribution in [3.63, 3.8) is 0 Å². The van der Waals surface area contributed by atoms with Crippen LogP contribution in [0.15, 0.2) is 0 Å². The number of nitrogens with two attached hydrogens (primary N) is 1. The molecule has 0 saturated heterocycles. The van der Waals surface area contributed by atoms with E-state index in [2.05, 4.69) is 0 Å². The van der Waals surface area contributed by atoms with Crippen LogP contribution in [0, 0.1) is 11.8 Å². The summed E-state index contributed by atoms with van der Waals surface area (Å²) in [7, 11) is 0. The van der Waals surface area contributed by atoms with Gasteiger partial charge in [0.15, 0.2) is 0 Å². The van der Waals surface area contributed by atoms with Crippen molar-refractivity contribution >= 4 is 6.09 Å². The summed E-state index contributed by atoms with van der Waals surface area (Å²) in [5.41, 5.74) is 0. The molecule has 0 unspecified atom stereocenters. The topological polar surface area (TPSA) is 55.6 Å². The molecule has 0 atom stereocenters. The molecule has 1 aliphatic carbocycles. The molecule has 0 aromatic rings. The monoisotopic (exact) mass is 200 g/mol. The smallest absolute Gasteiger partial charge is 0.424 e. The van der Waals surface area contributed by atoms with E-state index < -0.39 is 6.09 Å². The molecule has 1 rings (SSSR count). The highest BCUT2D eigenvalue weighted by atomic mass is 16.6. The second-order valence-corrected chi connectivity index (χ2v) is 4.42. The van der Waals surface area contributed by atoms with Gasteiger partial charge < -0.3 is 4.74 Å². The van der Waals surface area contributed by atoms with Gasteiger partial charge in [-0.1, -0.05) is 20.3 Å². The predicted molar refractivity (Wildman–Crippen MR) is 54.4 cm³/mol. The lowest BCUT2D eigenvalue weighted by atomic mass is 9.85. The molecule has 0 aromatic carbocycles. The third kappa shape index (κ3) is 3.54. The van der Waals surface area contributed by atoms with Crippen molar-refractivity contribution in [3.05, 3.63) is 0 Å². The summed E-state index contributed by atoms with van der Waals surface area (Å²) in [5, 5.41) is 1.20. The van der Waals surface area contributed by atoms with E-state index in [1.807, 2.05) is 13.8 Å². The predicted octanol–water partition coefficient (Wildman–Crippen LogP) is 1.75. The third-order valence-corrected chi connectivity index (χ3v) is 2.45. The number of hydrogen-bond acceptors (Lipinski definition) is 3. The summed E-state index contributed by atoms with van der Waals surface area (Å²) in [4.78, 5) is 11.3. The Bertz CT molecular complexity index is 191. The van der Waals surface area contributed by atoms with E-state index in [-0.39, 0.29) is 0 Å². The number of nitrogens with zero attached hydrogens (tertiary/aromatic N) is 1. The first-order valence-corrected chi connectivity index (χ1v) is 5.28. The molecular formula is C10H20N2O2. The largest absolute Gasteiger partial charge is 0.448 e. The van der Waals surface area contributed by atoms with E-state index >= 15 is 0 Å². The number of ether oxygens (including phenoxy) is 1. The Hall–Kier alpha value is -0.770. The summed E-state index contributed by atoms with van der Waals surface area (Å²) in [6, 6.07) is 0. The SMILES string of the molecule is CC(C)COC(=O)N(N)CC1CCC1. The zero-order valence-electron chi connectivity index (χ0n) is 9.03. The first kappa shape index (κ1) is 11.3. The number of rotatable bonds is 4. The molecule has 0 spiro atoms. The van der Waals surface area contributed by atoms with Gasteiger partial charge in [0.25, 0.3) is 0 Å². The average molecular weight is 200 g/mol. The van der Waals surface area contributed by atoms with E-state index in [4.69, 9.17) is 10.6 Å². The maximum absolute atomic E-state index is 11.3. The molecule has 0 aliphatic heterocycles. The molecule has 4 heteroatoms. The minimum atomic E-state index is -0.398. The Kier molecular flexibility index (Phi) is 4.20. The molecule has 0 bridgehead atoms. The van der Waals surface area contributed by atoms with Gasteiger partial charge in [-0.2, -0.15) is 0 Å². The Morgan fingerprint density at radius 3 is 2.64 bits per heavy atom. The lowest BCUT2D eigenvalue weighted by Crippen LogP contribution is -2.43. The molecule has 0 aromatic heterocycles. The number of hydrazine groups is 1. The fourth-order valence-corrected chi connectivity index (χ4v) is 1.35. The van der Waals surface area contributed by atoms with Crippen molar-refractivity contribution in [3.8, 4) is 0 Å². The van der Waals surface area contributed by atoms with Gasteiger partial charge in [-0.25, -0.2) is 15.6 Å². The number of carbonyl (C=O) groups excluding carboxylic acids is 1. The molecule has 82 valence electrons. The Morgan fingerprint density at radius 2 is 2.21 bits per heavy atom. The molecule has 0 heterocycles. The van der Waals surface area contributed by atoms with E-state index in [0.717, 1.165) is 0 Å². The highest BCUT2D eigenvalue weighted by Crippen LogP contribution is 2.26. The fourth-order valence-electron chi connectivity index (χ4n) is 1.35. The van der Waals surface area contributed by atoms with Crippen LogP contribution in [0.25, 0.3) is 0 Å². The van der Waals surface area contributed by atoms with Crippen molar-refractivity contribution in [2.24, 2.45) is 17.7 Å². The molecule has 1 amide bonds. The maximum Gasteiger partial charge on any atom is 0.424 e. The van der Waals surface area contributed by atoms with Gasteiger partial charge in [-0.05, 0) is 24.7 Å². The molecule has 2 N–H and O–H groups in total. The molecule has 1 aliphatic rings. The zero-order valence-corrected chi connectivity index (χ0v) is 9.03. The first-order valence-electron chi connectivity index (χ1n) is 5.28. The van der Waals surface area contributed by atoms with Crippen molar-refractivity contribution in [2.45, 2.75) is 33.1 Å². The van der Waals surface area contributed by atoms with Crippen LogP contribution in [0.5, 0.6) is 0 Å². The lowest BCUT2D eigenvalue weighted by Gasteiger charge is -2.29. The van der Waals surface area contributed by atoms with Gasteiger partial charge in [-0.15, -0.1) is 0 Å². The zero-order chi connectivity index (χ0) is 10.6. The normalized spacial score (nSPS) is 16.6. The fraction of sp³-hybridized carbons (Fsp3) is 0.900. The van der Waals surface area contributed by atoms with E-state index in [0.29, 0.717) is 25.0 Å². The maximum atomic E-state index is 11.3. The van der Waals surface area contributed by atoms with Gasteiger partial charge in [-0.3, -0.25) is 0 Å². The van der Waals surface area contributed by atoms with Crippen LogP contribution < -0.4 is 5.84 Å². The standard InChI is InChI=1S/C10H20N2O2/c1-8(2)7-14-10(13)12(11)6-9-4-3-5-9/h8-9H,3-7,11H2,1-2H3. The number of carbonyl (C=O) groups is 1. The molecular weight excluding hydrogens is 180 g/mol. The minimum absolute atomic E-state index is 0.357. The van der Waals surface area contributed by atoms with Crippen LogP contribution in [-0.4, -0.2) is 24.3 Å². The van der Waals surface area contributed by atoms with Crippen LogP contribution in [0.4, 0.5) is 4.79 Å². The summed E-state index contributed by atoms with van der Waals surface area (Å²) < 4.78 is 5.00. The van der Waals surface area contributed by atoms with Gasteiger partial charge in [0.2, 0.25) is 0 Å². The van der Waals surface area contributed by atoms with Crippen LogP contribution in [0.1, 0.15) is 33.1 Å². The first-order chi connectivity index (χ1) is 6.59. The third-order valence-electron chi connectivity index (χ3n) is 2.45.